The first-order valence-electron chi connectivity index (χ1n) is 8.81. The van der Waals surface area contributed by atoms with E-state index in [2.05, 4.69) is 55.4 Å². The quantitative estimate of drug-likeness (QED) is 0.228. The molecular weight excluding hydrogens is 419 g/mol. The van der Waals surface area contributed by atoms with Gasteiger partial charge in [-0.2, -0.15) is 0 Å². The Hall–Kier alpha value is -0.120. The van der Waals surface area contributed by atoms with E-state index in [-0.39, 0.29) is 29.5 Å². The van der Waals surface area contributed by atoms with Crippen molar-refractivity contribution in [1.82, 2.24) is 15.5 Å². The average Bonchev–Trinajstić information content (AvgIpc) is 3.01. The third-order valence-electron chi connectivity index (χ3n) is 4.31. The van der Waals surface area contributed by atoms with E-state index in [1.165, 1.54) is 0 Å². The fourth-order valence-electron chi connectivity index (χ4n) is 2.10. The Morgan fingerprint density at radius 2 is 2.08 bits per heavy atom. The van der Waals surface area contributed by atoms with Crippen LogP contribution in [-0.2, 0) is 9.47 Å². The number of halogens is 1. The first kappa shape index (κ1) is 23.9. The molecule has 2 N–H and O–H groups in total. The van der Waals surface area contributed by atoms with Crippen molar-refractivity contribution in [2.24, 2.45) is 10.9 Å². The molecule has 1 aliphatic heterocycles. The molecule has 0 bridgehead atoms. The van der Waals surface area contributed by atoms with Crippen molar-refractivity contribution in [1.29, 1.82) is 0 Å². The molecule has 1 rings (SSSR count). The van der Waals surface area contributed by atoms with Gasteiger partial charge >= 0.3 is 0 Å². The van der Waals surface area contributed by atoms with Crippen molar-refractivity contribution in [3.8, 4) is 0 Å². The molecule has 7 heteroatoms. The molecule has 144 valence electrons. The van der Waals surface area contributed by atoms with Gasteiger partial charge in [0, 0.05) is 37.8 Å². The molecule has 0 aromatic heterocycles. The van der Waals surface area contributed by atoms with Gasteiger partial charge in [0.2, 0.25) is 0 Å². The number of ether oxygens (including phenoxy) is 2. The number of hydrogen-bond acceptors (Lipinski definition) is 4. The highest BCUT2D eigenvalue weighted by Gasteiger charge is 2.20. The Labute approximate surface area is 165 Å². The Morgan fingerprint density at radius 3 is 2.67 bits per heavy atom. The number of hydrogen-bond donors (Lipinski definition) is 2. The Morgan fingerprint density at radius 1 is 1.33 bits per heavy atom. The van der Waals surface area contributed by atoms with E-state index in [9.17, 15) is 0 Å². The van der Waals surface area contributed by atoms with Crippen LogP contribution in [0.3, 0.4) is 0 Å². The molecule has 1 fully saturated rings. The molecule has 0 aromatic carbocycles. The topological polar surface area (TPSA) is 58.1 Å². The van der Waals surface area contributed by atoms with E-state index >= 15 is 0 Å². The van der Waals surface area contributed by atoms with Crippen LogP contribution in [0.4, 0.5) is 0 Å². The SMILES string of the molecule is CCNC(=NCC(C)(C)N(C)C)NCCCOCC1CCOC1.I. The summed E-state index contributed by atoms with van der Waals surface area (Å²) in [4.78, 5) is 6.88. The van der Waals surface area contributed by atoms with E-state index in [1.807, 2.05) is 0 Å². The van der Waals surface area contributed by atoms with Gasteiger partial charge in [-0.1, -0.05) is 0 Å². The Balaban J connectivity index is 0.00000529. The van der Waals surface area contributed by atoms with Crippen LogP contribution in [0.15, 0.2) is 4.99 Å². The molecule has 1 atom stereocenters. The van der Waals surface area contributed by atoms with Crippen LogP contribution in [-0.4, -0.2) is 76.6 Å². The van der Waals surface area contributed by atoms with Crippen LogP contribution in [0.1, 0.15) is 33.6 Å². The maximum atomic E-state index is 5.72. The van der Waals surface area contributed by atoms with Crippen LogP contribution >= 0.6 is 24.0 Å². The van der Waals surface area contributed by atoms with E-state index in [0.717, 1.165) is 64.9 Å². The predicted octanol–water partition coefficient (Wildman–Crippen LogP) is 1.94. The maximum Gasteiger partial charge on any atom is 0.191 e. The lowest BCUT2D eigenvalue weighted by Gasteiger charge is -2.31. The standard InChI is InChI=1S/C17H36N4O2.HI/c1-6-18-16(20-14-17(2,3)21(4)5)19-9-7-10-22-12-15-8-11-23-13-15;/h15H,6-14H2,1-5H3,(H2,18,19,20);1H. The Bertz CT molecular complexity index is 345. The third kappa shape index (κ3) is 10.0. The third-order valence-corrected chi connectivity index (χ3v) is 4.31. The van der Waals surface area contributed by atoms with E-state index in [0.29, 0.717) is 5.92 Å². The molecule has 0 amide bonds. The normalized spacial score (nSPS) is 18.6. The second-order valence-corrected chi connectivity index (χ2v) is 6.99. The molecule has 0 spiro atoms. The van der Waals surface area contributed by atoms with Crippen LogP contribution in [0.2, 0.25) is 0 Å². The van der Waals surface area contributed by atoms with Crippen molar-refractivity contribution >= 4 is 29.9 Å². The highest BCUT2D eigenvalue weighted by atomic mass is 127. The molecule has 0 aliphatic carbocycles. The van der Waals surface area contributed by atoms with Crippen LogP contribution in [0, 0.1) is 5.92 Å². The van der Waals surface area contributed by atoms with Crippen molar-refractivity contribution < 1.29 is 9.47 Å². The van der Waals surface area contributed by atoms with Gasteiger partial charge in [-0.3, -0.25) is 4.99 Å². The van der Waals surface area contributed by atoms with Gasteiger partial charge < -0.3 is 25.0 Å². The summed E-state index contributed by atoms with van der Waals surface area (Å²) in [6.45, 7) is 12.3. The summed E-state index contributed by atoms with van der Waals surface area (Å²) in [5, 5.41) is 6.67. The first-order valence-corrected chi connectivity index (χ1v) is 8.81. The second-order valence-electron chi connectivity index (χ2n) is 6.99. The molecule has 1 aliphatic rings. The summed E-state index contributed by atoms with van der Waals surface area (Å²) < 4.78 is 11.1. The molecule has 1 unspecified atom stereocenters. The van der Waals surface area contributed by atoms with Crippen molar-refractivity contribution in [2.45, 2.75) is 39.2 Å². The Kier molecular flexibility index (Phi) is 13.1. The molecule has 24 heavy (non-hydrogen) atoms. The first-order chi connectivity index (χ1) is 11.0. The number of rotatable bonds is 10. The average molecular weight is 456 g/mol. The molecular formula is C17H37IN4O2. The van der Waals surface area contributed by atoms with Gasteiger partial charge in [-0.05, 0) is 47.7 Å². The van der Waals surface area contributed by atoms with Gasteiger partial charge in [0.05, 0.1) is 19.8 Å². The summed E-state index contributed by atoms with van der Waals surface area (Å²) in [7, 11) is 4.17. The zero-order valence-corrected chi connectivity index (χ0v) is 18.4. The number of guanidine groups is 1. The second kappa shape index (κ2) is 13.1. The smallest absolute Gasteiger partial charge is 0.191 e. The molecule has 0 saturated carbocycles. The van der Waals surface area contributed by atoms with Gasteiger partial charge in [-0.15, -0.1) is 24.0 Å². The fourth-order valence-corrected chi connectivity index (χ4v) is 2.10. The van der Waals surface area contributed by atoms with E-state index in [4.69, 9.17) is 9.47 Å². The lowest BCUT2D eigenvalue weighted by Crippen LogP contribution is -2.44. The molecule has 0 aromatic rings. The van der Waals surface area contributed by atoms with Crippen molar-refractivity contribution in [2.75, 3.05) is 60.2 Å². The summed E-state index contributed by atoms with van der Waals surface area (Å²) in [5.74, 6) is 1.47. The monoisotopic (exact) mass is 456 g/mol. The van der Waals surface area contributed by atoms with Crippen LogP contribution in [0.5, 0.6) is 0 Å². The molecule has 0 radical (unpaired) electrons. The summed E-state index contributed by atoms with van der Waals surface area (Å²) >= 11 is 0. The molecule has 1 saturated heterocycles. The lowest BCUT2D eigenvalue weighted by molar-refractivity contribution is 0.0888. The van der Waals surface area contributed by atoms with Crippen molar-refractivity contribution in [3.63, 3.8) is 0 Å². The lowest BCUT2D eigenvalue weighted by atomic mass is 10.1. The number of nitrogens with zero attached hydrogens (tertiary/aromatic N) is 2. The number of nitrogens with one attached hydrogen (secondary N) is 2. The summed E-state index contributed by atoms with van der Waals surface area (Å²) in [6.07, 6.45) is 2.12. The molecule has 1 heterocycles. The largest absolute Gasteiger partial charge is 0.381 e. The van der Waals surface area contributed by atoms with E-state index in [1.54, 1.807) is 0 Å². The highest BCUT2D eigenvalue weighted by Crippen LogP contribution is 2.12. The van der Waals surface area contributed by atoms with Crippen LogP contribution < -0.4 is 10.6 Å². The number of aliphatic imine (C=N–C) groups is 1. The number of likely N-dealkylation sites (N-methyl/N-ethyl adjacent to an activating group) is 1. The zero-order chi connectivity index (χ0) is 17.1. The fraction of sp³-hybridized carbons (Fsp3) is 0.941. The minimum Gasteiger partial charge on any atom is -0.381 e. The zero-order valence-electron chi connectivity index (χ0n) is 16.1. The maximum absolute atomic E-state index is 5.72. The van der Waals surface area contributed by atoms with Crippen molar-refractivity contribution in [3.05, 3.63) is 0 Å². The van der Waals surface area contributed by atoms with Crippen LogP contribution in [0.25, 0.3) is 0 Å². The van der Waals surface area contributed by atoms with Gasteiger partial charge in [0.1, 0.15) is 0 Å². The highest BCUT2D eigenvalue weighted by molar-refractivity contribution is 14.0. The minimum atomic E-state index is 0. The minimum absolute atomic E-state index is 0. The predicted molar refractivity (Wildman–Crippen MR) is 112 cm³/mol. The van der Waals surface area contributed by atoms with E-state index < -0.39 is 0 Å². The van der Waals surface area contributed by atoms with Gasteiger partial charge in [0.15, 0.2) is 5.96 Å². The molecule has 6 nitrogen and oxygen atoms in total. The summed E-state index contributed by atoms with van der Waals surface area (Å²) in [5.41, 5.74) is 0.0504. The van der Waals surface area contributed by atoms with Gasteiger partial charge in [-0.25, -0.2) is 0 Å². The summed E-state index contributed by atoms with van der Waals surface area (Å²) in [6, 6.07) is 0. The van der Waals surface area contributed by atoms with Gasteiger partial charge in [0.25, 0.3) is 0 Å².